The van der Waals surface area contributed by atoms with Gasteiger partial charge in [0, 0.05) is 5.56 Å². The Morgan fingerprint density at radius 3 is 2.05 bits per heavy atom. The number of esters is 1. The van der Waals surface area contributed by atoms with Crippen LogP contribution in [0.25, 0.3) is 0 Å². The highest BCUT2D eigenvalue weighted by atomic mass is 16.5. The molecule has 2 aromatic carbocycles. The highest BCUT2D eigenvalue weighted by Crippen LogP contribution is 2.19. The third-order valence-corrected chi connectivity index (χ3v) is 3.03. The fraction of sp³-hybridized carbons (Fsp3) is 0.176. The zero-order valence-corrected chi connectivity index (χ0v) is 11.8. The molecule has 102 valence electrons. The minimum absolute atomic E-state index is 0.338. The number of rotatable bonds is 3. The number of Topliss-reactive ketones (excluding diaryl/α,β-unsaturated/α-hetero) is 1. The van der Waals surface area contributed by atoms with Gasteiger partial charge in [-0.3, -0.25) is 4.79 Å². The number of ketones is 1. The zero-order valence-electron chi connectivity index (χ0n) is 11.8. The summed E-state index contributed by atoms with van der Waals surface area (Å²) in [5, 5.41) is 0. The molecule has 0 amide bonds. The van der Waals surface area contributed by atoms with Crippen LogP contribution in [0.2, 0.25) is 0 Å². The zero-order chi connectivity index (χ0) is 14.7. The van der Waals surface area contributed by atoms with E-state index in [4.69, 9.17) is 4.74 Å². The number of benzene rings is 2. The van der Waals surface area contributed by atoms with Crippen LogP contribution in [0.15, 0.2) is 42.5 Å². The lowest BCUT2D eigenvalue weighted by Crippen LogP contribution is -2.20. The van der Waals surface area contributed by atoms with Crippen molar-refractivity contribution < 1.29 is 14.3 Å². The van der Waals surface area contributed by atoms with Crippen LogP contribution in [-0.2, 0) is 4.79 Å². The average molecular weight is 268 g/mol. The minimum atomic E-state index is -0.860. The molecular weight excluding hydrogens is 252 g/mol. The minimum Gasteiger partial charge on any atom is -0.420 e. The summed E-state index contributed by atoms with van der Waals surface area (Å²) < 4.78 is 5.16. The van der Waals surface area contributed by atoms with Gasteiger partial charge in [-0.15, -0.1) is 0 Å². The van der Waals surface area contributed by atoms with Gasteiger partial charge in [0.1, 0.15) is 5.75 Å². The first-order chi connectivity index (χ1) is 9.47. The summed E-state index contributed by atoms with van der Waals surface area (Å²) in [6.07, 6.45) is 0. The number of carbonyl (C=O) groups excluding carboxylic acids is 2. The maximum absolute atomic E-state index is 12.0. The van der Waals surface area contributed by atoms with Crippen molar-refractivity contribution in [3.8, 4) is 5.75 Å². The van der Waals surface area contributed by atoms with Gasteiger partial charge in [0.05, 0.1) is 0 Å². The third kappa shape index (κ3) is 3.12. The van der Waals surface area contributed by atoms with E-state index in [1.165, 1.54) is 0 Å². The second kappa shape index (κ2) is 5.70. The molecule has 0 aromatic heterocycles. The van der Waals surface area contributed by atoms with Gasteiger partial charge in [0.2, 0.25) is 0 Å². The summed E-state index contributed by atoms with van der Waals surface area (Å²) in [7, 11) is 0. The third-order valence-electron chi connectivity index (χ3n) is 3.03. The van der Waals surface area contributed by atoms with Crippen LogP contribution in [0.1, 0.15) is 27.0 Å². The largest absolute Gasteiger partial charge is 0.420 e. The van der Waals surface area contributed by atoms with Gasteiger partial charge >= 0.3 is 5.97 Å². The first-order valence-corrected chi connectivity index (χ1v) is 6.38. The monoisotopic (exact) mass is 268 g/mol. The van der Waals surface area contributed by atoms with Gasteiger partial charge in [-0.2, -0.15) is 0 Å². The molecular formula is C17H16O3. The Bertz CT molecular complexity index is 654. The van der Waals surface area contributed by atoms with Crippen LogP contribution < -0.4 is 4.74 Å². The van der Waals surface area contributed by atoms with Gasteiger partial charge in [0.15, 0.2) is 0 Å². The quantitative estimate of drug-likeness (QED) is 0.371. The Labute approximate surface area is 118 Å². The van der Waals surface area contributed by atoms with Crippen LogP contribution in [0.4, 0.5) is 0 Å². The maximum atomic E-state index is 12.0. The average Bonchev–Trinajstić information content (AvgIpc) is 2.42. The smallest absolute Gasteiger partial charge is 0.385 e. The lowest BCUT2D eigenvalue weighted by molar-refractivity contribution is -0.129. The molecule has 0 fully saturated rings. The van der Waals surface area contributed by atoms with Crippen molar-refractivity contribution in [2.75, 3.05) is 0 Å². The Morgan fingerprint density at radius 1 is 0.850 bits per heavy atom. The molecule has 0 saturated carbocycles. The summed E-state index contributed by atoms with van der Waals surface area (Å²) in [6, 6.07) is 12.3. The first-order valence-electron chi connectivity index (χ1n) is 6.38. The fourth-order valence-corrected chi connectivity index (χ4v) is 1.88. The van der Waals surface area contributed by atoms with E-state index >= 15 is 0 Å². The van der Waals surface area contributed by atoms with Crippen molar-refractivity contribution in [3.05, 3.63) is 64.7 Å². The van der Waals surface area contributed by atoms with Crippen molar-refractivity contribution in [1.82, 2.24) is 0 Å². The lowest BCUT2D eigenvalue weighted by atomic mass is 10.1. The SMILES string of the molecule is Cc1ccc(C(=O)C(=O)Oc2ccc(C)cc2C)cc1. The van der Waals surface area contributed by atoms with Crippen molar-refractivity contribution in [3.63, 3.8) is 0 Å². The number of ether oxygens (including phenoxy) is 1. The molecule has 0 radical (unpaired) electrons. The Kier molecular flexibility index (Phi) is 3.99. The molecule has 20 heavy (non-hydrogen) atoms. The second-order valence-corrected chi connectivity index (χ2v) is 4.85. The van der Waals surface area contributed by atoms with Crippen molar-refractivity contribution in [2.45, 2.75) is 20.8 Å². The van der Waals surface area contributed by atoms with Crippen molar-refractivity contribution in [1.29, 1.82) is 0 Å². The molecule has 0 saturated heterocycles. The van der Waals surface area contributed by atoms with Crippen LogP contribution in [-0.4, -0.2) is 11.8 Å². The maximum Gasteiger partial charge on any atom is 0.385 e. The van der Waals surface area contributed by atoms with Crippen molar-refractivity contribution in [2.24, 2.45) is 0 Å². The summed E-state index contributed by atoms with van der Waals surface area (Å²) in [6.45, 7) is 5.71. The van der Waals surface area contributed by atoms with E-state index in [2.05, 4.69) is 0 Å². The normalized spacial score (nSPS) is 10.2. The second-order valence-electron chi connectivity index (χ2n) is 4.85. The van der Waals surface area contributed by atoms with Gasteiger partial charge in [-0.25, -0.2) is 4.79 Å². The molecule has 2 aromatic rings. The molecule has 0 atom stereocenters. The molecule has 0 N–H and O–H groups in total. The number of hydrogen-bond donors (Lipinski definition) is 0. The summed E-state index contributed by atoms with van der Waals surface area (Å²) in [5.74, 6) is -1.08. The van der Waals surface area contributed by atoms with E-state index in [0.717, 1.165) is 16.7 Å². The van der Waals surface area contributed by atoms with Gasteiger partial charge in [0.25, 0.3) is 5.78 Å². The van der Waals surface area contributed by atoms with Gasteiger partial charge in [-0.1, -0.05) is 47.5 Å². The van der Waals surface area contributed by atoms with E-state index in [1.807, 2.05) is 32.9 Å². The standard InChI is InChI=1S/C17H16O3/c1-11-4-7-14(8-5-11)16(18)17(19)20-15-9-6-12(2)10-13(15)3/h4-10H,1-3H3. The molecule has 0 aliphatic carbocycles. The van der Waals surface area contributed by atoms with Gasteiger partial charge in [-0.05, 0) is 32.4 Å². The van der Waals surface area contributed by atoms with Crippen LogP contribution in [0.5, 0.6) is 5.75 Å². The fourth-order valence-electron chi connectivity index (χ4n) is 1.88. The lowest BCUT2D eigenvalue weighted by Gasteiger charge is -2.07. The molecule has 3 heteroatoms. The predicted molar refractivity (Wildman–Crippen MR) is 77.1 cm³/mol. The molecule has 0 aliphatic heterocycles. The van der Waals surface area contributed by atoms with E-state index in [9.17, 15) is 9.59 Å². The summed E-state index contributed by atoms with van der Waals surface area (Å²) >= 11 is 0. The number of hydrogen-bond acceptors (Lipinski definition) is 3. The molecule has 0 bridgehead atoms. The van der Waals surface area contributed by atoms with E-state index in [1.54, 1.807) is 30.3 Å². The molecule has 2 rings (SSSR count). The van der Waals surface area contributed by atoms with Crippen LogP contribution >= 0.6 is 0 Å². The molecule has 0 spiro atoms. The Hall–Kier alpha value is -2.42. The van der Waals surface area contributed by atoms with Crippen molar-refractivity contribution >= 4 is 11.8 Å². The van der Waals surface area contributed by atoms with E-state index < -0.39 is 11.8 Å². The Morgan fingerprint density at radius 2 is 1.45 bits per heavy atom. The topological polar surface area (TPSA) is 43.4 Å². The van der Waals surface area contributed by atoms with Gasteiger partial charge < -0.3 is 4.74 Å². The van der Waals surface area contributed by atoms with Crippen LogP contribution in [0.3, 0.4) is 0 Å². The number of aryl methyl sites for hydroxylation is 3. The predicted octanol–water partition coefficient (Wildman–Crippen LogP) is 3.40. The highest BCUT2D eigenvalue weighted by molar-refractivity contribution is 6.41. The van der Waals surface area contributed by atoms with Crippen LogP contribution in [0, 0.1) is 20.8 Å². The molecule has 0 unspecified atom stereocenters. The highest BCUT2D eigenvalue weighted by Gasteiger charge is 2.19. The molecule has 0 aliphatic rings. The van der Waals surface area contributed by atoms with E-state index in [0.29, 0.717) is 11.3 Å². The molecule has 3 nitrogen and oxygen atoms in total. The number of carbonyl (C=O) groups is 2. The summed E-state index contributed by atoms with van der Waals surface area (Å²) in [5.41, 5.74) is 3.27. The molecule has 0 heterocycles. The summed E-state index contributed by atoms with van der Waals surface area (Å²) in [4.78, 5) is 23.8. The Balaban J connectivity index is 2.15. The first kappa shape index (κ1) is 14.0. The van der Waals surface area contributed by atoms with E-state index in [-0.39, 0.29) is 0 Å².